The quantitative estimate of drug-likeness (QED) is 0.273. The number of nitrogens with one attached hydrogen (secondary N) is 1. The van der Waals surface area contributed by atoms with Crippen LogP contribution in [0.15, 0.2) is 24.3 Å². The molecule has 0 radical (unpaired) electrons. The van der Waals surface area contributed by atoms with Crippen molar-refractivity contribution in [2.45, 2.75) is 21.4 Å². The minimum absolute atomic E-state index is 0.368. The number of rotatable bonds is 7. The van der Waals surface area contributed by atoms with E-state index in [2.05, 4.69) is 4.74 Å². The first-order valence-corrected chi connectivity index (χ1v) is 9.71. The monoisotopic (exact) mass is 653 g/mol. The van der Waals surface area contributed by atoms with Crippen LogP contribution in [0.25, 0.3) is 0 Å². The summed E-state index contributed by atoms with van der Waals surface area (Å²) in [6.07, 6.45) is -12.8. The smallest absolute Gasteiger partial charge is 0.268 e. The maximum Gasteiger partial charge on any atom is 0.453 e. The Kier molecular flexibility index (Phi) is 7.02. The fourth-order valence-corrected chi connectivity index (χ4v) is 2.60. The number of benzene rings is 1. The molecule has 0 aliphatic heterocycles. The Hall–Kier alpha value is -0.500. The van der Waals surface area contributed by atoms with Gasteiger partial charge in [-0.2, -0.15) is 43.5 Å². The van der Waals surface area contributed by atoms with Crippen molar-refractivity contribution in [2.24, 2.45) is 0 Å². The molecule has 154 valence electrons. The highest BCUT2D eigenvalue weighted by Crippen LogP contribution is 2.48. The number of hydrogen-bond donors (Lipinski definition) is 1. The van der Waals surface area contributed by atoms with E-state index in [0.29, 0.717) is 8.29 Å². The molecule has 1 rings (SSSR count). The number of halogens is 10. The van der Waals surface area contributed by atoms with Gasteiger partial charge in [0.25, 0.3) is 5.91 Å². The van der Waals surface area contributed by atoms with Crippen LogP contribution in [0.3, 0.4) is 0 Å². The van der Waals surface area contributed by atoms with Crippen LogP contribution in [0.2, 0.25) is 0 Å². The molecule has 0 heterocycles. The third-order valence-corrected chi connectivity index (χ3v) is 5.31. The van der Waals surface area contributed by atoms with Crippen molar-refractivity contribution >= 4 is 61.1 Å². The van der Waals surface area contributed by atoms with E-state index < -0.39 is 42.9 Å². The van der Waals surface area contributed by atoms with E-state index >= 15 is 0 Å². The van der Waals surface area contributed by atoms with Gasteiger partial charge in [0.05, 0.1) is 0 Å². The maximum atomic E-state index is 13.6. The van der Waals surface area contributed by atoms with Crippen molar-refractivity contribution in [3.05, 3.63) is 33.4 Å². The molecule has 27 heavy (non-hydrogen) atoms. The highest BCUT2D eigenvalue weighted by atomic mass is 127. The highest BCUT2D eigenvalue weighted by molar-refractivity contribution is 14.1. The third kappa shape index (κ3) is 5.31. The molecule has 1 aromatic carbocycles. The predicted molar refractivity (Wildman–Crippen MR) is 90.4 cm³/mol. The molecule has 0 atom stereocenters. The lowest BCUT2D eigenvalue weighted by Crippen LogP contribution is -2.58. The molecule has 0 aliphatic carbocycles. The summed E-state index contributed by atoms with van der Waals surface area (Å²) < 4.78 is 125. The minimum atomic E-state index is -6.68. The SMILES string of the molecule is O=C(NS(=O)(=O)C(F)(F)C(F)(F)OC(F)(F)C(F)(F)I)c1ccc(I)cc1. The summed E-state index contributed by atoms with van der Waals surface area (Å²) in [6.45, 7) is 0. The van der Waals surface area contributed by atoms with Gasteiger partial charge in [0.15, 0.2) is 0 Å². The van der Waals surface area contributed by atoms with Gasteiger partial charge in [0, 0.05) is 31.7 Å². The number of amides is 1. The summed E-state index contributed by atoms with van der Waals surface area (Å²) >= 11 is 1.40. The zero-order valence-corrected chi connectivity index (χ0v) is 17.3. The van der Waals surface area contributed by atoms with Gasteiger partial charge >= 0.3 is 31.4 Å². The average molecular weight is 653 g/mol. The second-order valence-corrected chi connectivity index (χ2v) is 8.92. The standard InChI is InChI=1S/C11H5F8I2NO4S/c12-8(13,21)9(14,15)26-10(16,17)11(18,19)27(24,25)22-7(23)5-1-3-6(20)4-2-5/h1-4H,(H,22,23). The van der Waals surface area contributed by atoms with Crippen LogP contribution in [0.4, 0.5) is 35.1 Å². The van der Waals surface area contributed by atoms with Gasteiger partial charge in [-0.15, -0.1) is 0 Å². The fourth-order valence-electron chi connectivity index (χ4n) is 1.28. The Balaban J connectivity index is 3.15. The third-order valence-electron chi connectivity index (χ3n) is 2.60. The van der Waals surface area contributed by atoms with Crippen molar-refractivity contribution < 1.29 is 53.1 Å². The Labute approximate surface area is 173 Å². The van der Waals surface area contributed by atoms with Gasteiger partial charge in [-0.3, -0.25) is 4.79 Å². The summed E-state index contributed by atoms with van der Waals surface area (Å²) in [7, 11) is -6.68. The summed E-state index contributed by atoms with van der Waals surface area (Å²) in [5.74, 6) is -1.80. The molecule has 1 aromatic rings. The van der Waals surface area contributed by atoms with Crippen molar-refractivity contribution in [1.82, 2.24) is 4.72 Å². The van der Waals surface area contributed by atoms with E-state index in [0.717, 1.165) is 12.1 Å². The van der Waals surface area contributed by atoms with E-state index in [1.165, 1.54) is 12.1 Å². The minimum Gasteiger partial charge on any atom is -0.268 e. The van der Waals surface area contributed by atoms with Crippen molar-refractivity contribution in [2.75, 3.05) is 0 Å². The van der Waals surface area contributed by atoms with E-state index in [4.69, 9.17) is 0 Å². The van der Waals surface area contributed by atoms with Crippen LogP contribution >= 0.6 is 45.2 Å². The van der Waals surface area contributed by atoms with Crippen molar-refractivity contribution in [3.8, 4) is 0 Å². The molecule has 0 saturated carbocycles. The second kappa shape index (κ2) is 7.73. The van der Waals surface area contributed by atoms with Gasteiger partial charge in [-0.1, -0.05) is 0 Å². The summed E-state index contributed by atoms with van der Waals surface area (Å²) in [4.78, 5) is 11.6. The van der Waals surface area contributed by atoms with Crippen LogP contribution in [-0.2, 0) is 14.8 Å². The Morgan fingerprint density at radius 3 is 1.78 bits per heavy atom. The van der Waals surface area contributed by atoms with Gasteiger partial charge < -0.3 is 0 Å². The van der Waals surface area contributed by atoms with Crippen LogP contribution in [0.5, 0.6) is 0 Å². The van der Waals surface area contributed by atoms with Gasteiger partial charge in [-0.05, 0) is 46.9 Å². The van der Waals surface area contributed by atoms with E-state index in [1.54, 1.807) is 22.6 Å². The lowest BCUT2D eigenvalue weighted by atomic mass is 10.2. The molecule has 0 aromatic heterocycles. The number of hydrogen-bond acceptors (Lipinski definition) is 4. The number of alkyl halides is 9. The number of sulfonamides is 1. The molecule has 0 spiro atoms. The molecule has 5 nitrogen and oxygen atoms in total. The molecule has 0 unspecified atom stereocenters. The highest BCUT2D eigenvalue weighted by Gasteiger charge is 2.74. The second-order valence-electron chi connectivity index (χ2n) is 4.59. The normalized spacial score (nSPS) is 14.1. The summed E-state index contributed by atoms with van der Waals surface area (Å²) in [6, 6.07) is 4.37. The Morgan fingerprint density at radius 2 is 1.37 bits per heavy atom. The molecule has 0 fully saturated rings. The van der Waals surface area contributed by atoms with Crippen LogP contribution in [-0.4, -0.2) is 35.7 Å². The molecule has 0 bridgehead atoms. The first-order valence-electron chi connectivity index (χ1n) is 6.07. The molecule has 1 amide bonds. The number of carbonyl (C=O) groups excluding carboxylic acids is 1. The van der Waals surface area contributed by atoms with Gasteiger partial charge in [0.1, 0.15) is 0 Å². The summed E-state index contributed by atoms with van der Waals surface area (Å²) in [5.41, 5.74) is -0.553. The van der Waals surface area contributed by atoms with Crippen LogP contribution in [0, 0.1) is 3.57 Å². The van der Waals surface area contributed by atoms with Crippen molar-refractivity contribution in [1.29, 1.82) is 0 Å². The molecule has 16 heteroatoms. The first kappa shape index (κ1) is 24.5. The Bertz CT molecular complexity index is 811. The number of carbonyl (C=O) groups is 1. The zero-order chi connectivity index (χ0) is 21.5. The molecular weight excluding hydrogens is 648 g/mol. The predicted octanol–water partition coefficient (Wildman–Crippen LogP) is 4.17. The molecule has 0 saturated heterocycles. The number of ether oxygens (including phenoxy) is 1. The lowest BCUT2D eigenvalue weighted by Gasteiger charge is -2.30. The van der Waals surface area contributed by atoms with Gasteiger partial charge in [-0.25, -0.2) is 9.46 Å². The van der Waals surface area contributed by atoms with E-state index in [9.17, 15) is 48.3 Å². The largest absolute Gasteiger partial charge is 0.453 e. The average Bonchev–Trinajstić information content (AvgIpc) is 2.44. The fraction of sp³-hybridized carbons (Fsp3) is 0.364. The van der Waals surface area contributed by atoms with Crippen LogP contribution < -0.4 is 4.72 Å². The Morgan fingerprint density at radius 1 is 0.926 bits per heavy atom. The van der Waals surface area contributed by atoms with Crippen molar-refractivity contribution in [3.63, 3.8) is 0 Å². The van der Waals surface area contributed by atoms with Crippen LogP contribution in [0.1, 0.15) is 10.4 Å². The van der Waals surface area contributed by atoms with E-state index in [1.807, 2.05) is 0 Å². The molecular formula is C11H5F8I2NO4S. The maximum absolute atomic E-state index is 13.6. The summed E-state index contributed by atoms with van der Waals surface area (Å²) in [5, 5.41) is -6.51. The zero-order valence-electron chi connectivity index (χ0n) is 12.1. The molecule has 0 aliphatic rings. The molecule has 1 N–H and O–H groups in total. The van der Waals surface area contributed by atoms with Gasteiger partial charge in [0.2, 0.25) is 0 Å². The first-order chi connectivity index (χ1) is 11.8. The lowest BCUT2D eigenvalue weighted by molar-refractivity contribution is -0.438. The van der Waals surface area contributed by atoms with E-state index in [-0.39, 0.29) is 22.6 Å². The topological polar surface area (TPSA) is 72.5 Å².